The average Bonchev–Trinajstić information content (AvgIpc) is 2.30. The van der Waals surface area contributed by atoms with Crippen LogP contribution in [0.25, 0.3) is 0 Å². The summed E-state index contributed by atoms with van der Waals surface area (Å²) in [5, 5.41) is 0.642. The van der Waals surface area contributed by atoms with Crippen LogP contribution < -0.4 is 4.72 Å². The summed E-state index contributed by atoms with van der Waals surface area (Å²) in [5.74, 6) is 1.06. The van der Waals surface area contributed by atoms with Gasteiger partial charge in [0.15, 0.2) is 0 Å². The second-order valence-corrected chi connectivity index (χ2v) is 7.94. The second-order valence-electron chi connectivity index (χ2n) is 5.43. The van der Waals surface area contributed by atoms with Gasteiger partial charge in [0, 0.05) is 17.5 Å². The van der Waals surface area contributed by atoms with Crippen LogP contribution in [-0.2, 0) is 10.0 Å². The van der Waals surface area contributed by atoms with Crippen LogP contribution in [0.1, 0.15) is 33.3 Å². The molecular weight excluding hydrogens is 282 g/mol. The number of halogens is 1. The van der Waals surface area contributed by atoms with Crippen molar-refractivity contribution in [2.24, 2.45) is 5.41 Å². The van der Waals surface area contributed by atoms with Crippen molar-refractivity contribution in [2.75, 3.05) is 12.3 Å². The average molecular weight is 303 g/mol. The Bertz CT molecular complexity index is 520. The van der Waals surface area contributed by atoms with E-state index in [-0.39, 0.29) is 17.7 Å². The van der Waals surface area contributed by atoms with Gasteiger partial charge in [-0.1, -0.05) is 50.6 Å². The first-order chi connectivity index (χ1) is 8.67. The van der Waals surface area contributed by atoms with Gasteiger partial charge < -0.3 is 0 Å². The highest BCUT2D eigenvalue weighted by molar-refractivity contribution is 7.89. The van der Waals surface area contributed by atoms with E-state index < -0.39 is 10.0 Å². The zero-order valence-electron chi connectivity index (χ0n) is 11.8. The fourth-order valence-corrected chi connectivity index (χ4v) is 2.57. The molecule has 0 saturated heterocycles. The summed E-state index contributed by atoms with van der Waals surface area (Å²) in [6, 6.07) is 7.50. The lowest BCUT2D eigenvalue weighted by atomic mass is 9.76. The standard InChI is InChI=1S/C14H21ClNO2S/c1-5-19(17,18)16-10-12(14(2,3)4)11-8-6-7-9-13(11)15/h6-9,16H,5,10H2,1-4H3. The highest BCUT2D eigenvalue weighted by Crippen LogP contribution is 2.36. The Morgan fingerprint density at radius 3 is 2.32 bits per heavy atom. The van der Waals surface area contributed by atoms with Crippen molar-refractivity contribution in [3.05, 3.63) is 40.8 Å². The number of hydrogen-bond acceptors (Lipinski definition) is 2. The molecule has 1 rings (SSSR count). The molecule has 0 aromatic heterocycles. The Balaban J connectivity index is 3.02. The second kappa shape index (κ2) is 6.25. The largest absolute Gasteiger partial charge is 0.214 e. The van der Waals surface area contributed by atoms with Gasteiger partial charge >= 0.3 is 0 Å². The van der Waals surface area contributed by atoms with E-state index in [0.717, 1.165) is 11.5 Å². The van der Waals surface area contributed by atoms with E-state index in [1.54, 1.807) is 6.92 Å². The van der Waals surface area contributed by atoms with E-state index in [4.69, 9.17) is 11.6 Å². The molecule has 0 aliphatic carbocycles. The first-order valence-corrected chi connectivity index (χ1v) is 8.29. The normalized spacial score (nSPS) is 12.9. The molecule has 0 spiro atoms. The predicted octanol–water partition coefficient (Wildman–Crippen LogP) is 3.25. The molecule has 0 atom stereocenters. The summed E-state index contributed by atoms with van der Waals surface area (Å²) in [5.41, 5.74) is 0.733. The fourth-order valence-electron chi connectivity index (χ4n) is 1.75. The van der Waals surface area contributed by atoms with Gasteiger partial charge in [0.1, 0.15) is 0 Å². The summed E-state index contributed by atoms with van der Waals surface area (Å²) in [4.78, 5) is 0. The molecule has 0 aliphatic heterocycles. The molecule has 0 aliphatic rings. The Morgan fingerprint density at radius 1 is 1.26 bits per heavy atom. The van der Waals surface area contributed by atoms with Crippen molar-refractivity contribution in [3.63, 3.8) is 0 Å². The zero-order chi connectivity index (χ0) is 14.7. The summed E-state index contributed by atoms with van der Waals surface area (Å²) in [7, 11) is -3.21. The van der Waals surface area contributed by atoms with Crippen LogP contribution >= 0.6 is 11.6 Å². The van der Waals surface area contributed by atoms with Gasteiger partial charge in [-0.25, -0.2) is 13.1 Å². The SMILES string of the molecule is CCS(=O)(=O)NC[C](c1ccccc1Cl)C(C)(C)C. The lowest BCUT2D eigenvalue weighted by Gasteiger charge is -2.31. The third kappa shape index (κ3) is 4.79. The molecule has 1 N–H and O–H groups in total. The lowest BCUT2D eigenvalue weighted by Crippen LogP contribution is -2.35. The van der Waals surface area contributed by atoms with Crippen molar-refractivity contribution >= 4 is 21.6 Å². The molecule has 0 unspecified atom stereocenters. The quantitative estimate of drug-likeness (QED) is 0.907. The van der Waals surface area contributed by atoms with Gasteiger partial charge in [-0.2, -0.15) is 0 Å². The number of sulfonamides is 1. The van der Waals surface area contributed by atoms with Crippen molar-refractivity contribution < 1.29 is 8.42 Å². The molecule has 19 heavy (non-hydrogen) atoms. The molecule has 0 bridgehead atoms. The topological polar surface area (TPSA) is 46.2 Å². The van der Waals surface area contributed by atoms with Crippen LogP contribution in [0.3, 0.4) is 0 Å². The first-order valence-electron chi connectivity index (χ1n) is 6.26. The summed E-state index contributed by atoms with van der Waals surface area (Å²) >= 11 is 6.21. The Hall–Kier alpha value is -0.580. The van der Waals surface area contributed by atoms with Crippen LogP contribution in [0.15, 0.2) is 24.3 Å². The van der Waals surface area contributed by atoms with Crippen LogP contribution in [0.5, 0.6) is 0 Å². The third-order valence-corrected chi connectivity index (χ3v) is 4.63. The van der Waals surface area contributed by atoms with Gasteiger partial charge in [0.2, 0.25) is 10.0 Å². The first kappa shape index (κ1) is 16.5. The Kier molecular flexibility index (Phi) is 5.42. The van der Waals surface area contributed by atoms with Gasteiger partial charge in [-0.3, -0.25) is 0 Å². The number of nitrogens with one attached hydrogen (secondary N) is 1. The smallest absolute Gasteiger partial charge is 0.211 e. The molecule has 0 heterocycles. The minimum Gasteiger partial charge on any atom is -0.214 e. The molecule has 0 amide bonds. The summed E-state index contributed by atoms with van der Waals surface area (Å²) < 4.78 is 25.8. The van der Waals surface area contributed by atoms with Crippen LogP contribution in [-0.4, -0.2) is 20.7 Å². The fraction of sp³-hybridized carbons (Fsp3) is 0.500. The van der Waals surface area contributed by atoms with Crippen molar-refractivity contribution in [3.8, 4) is 0 Å². The predicted molar refractivity (Wildman–Crippen MR) is 80.7 cm³/mol. The van der Waals surface area contributed by atoms with Gasteiger partial charge in [0.05, 0.1) is 5.75 Å². The Labute approximate surface area is 121 Å². The summed E-state index contributed by atoms with van der Waals surface area (Å²) in [6.07, 6.45) is 0. The molecular formula is C14H21ClNO2S. The van der Waals surface area contributed by atoms with E-state index in [2.05, 4.69) is 4.72 Å². The number of hydrogen-bond donors (Lipinski definition) is 1. The van der Waals surface area contributed by atoms with Crippen LogP contribution in [0, 0.1) is 11.3 Å². The molecule has 0 fully saturated rings. The summed E-state index contributed by atoms with van der Waals surface area (Å²) in [6.45, 7) is 8.04. The Morgan fingerprint density at radius 2 is 1.84 bits per heavy atom. The number of benzene rings is 1. The van der Waals surface area contributed by atoms with Crippen molar-refractivity contribution in [2.45, 2.75) is 27.7 Å². The highest BCUT2D eigenvalue weighted by Gasteiger charge is 2.29. The van der Waals surface area contributed by atoms with Crippen LogP contribution in [0.4, 0.5) is 0 Å². The van der Waals surface area contributed by atoms with Gasteiger partial charge in [0.25, 0.3) is 0 Å². The molecule has 107 valence electrons. The molecule has 1 radical (unpaired) electrons. The third-order valence-electron chi connectivity index (χ3n) is 2.95. The van der Waals surface area contributed by atoms with Gasteiger partial charge in [-0.15, -0.1) is 0 Å². The van der Waals surface area contributed by atoms with Gasteiger partial charge in [-0.05, 0) is 24.0 Å². The van der Waals surface area contributed by atoms with E-state index >= 15 is 0 Å². The maximum atomic E-state index is 11.6. The van der Waals surface area contributed by atoms with Crippen molar-refractivity contribution in [1.82, 2.24) is 4.72 Å². The lowest BCUT2D eigenvalue weighted by molar-refractivity contribution is 0.434. The van der Waals surface area contributed by atoms with Crippen molar-refractivity contribution in [1.29, 1.82) is 0 Å². The van der Waals surface area contributed by atoms with E-state index in [1.807, 2.05) is 45.0 Å². The maximum absolute atomic E-state index is 11.6. The van der Waals surface area contributed by atoms with E-state index in [1.165, 1.54) is 0 Å². The maximum Gasteiger partial charge on any atom is 0.211 e. The molecule has 0 saturated carbocycles. The van der Waals surface area contributed by atoms with Crippen LogP contribution in [0.2, 0.25) is 5.02 Å². The zero-order valence-corrected chi connectivity index (χ0v) is 13.4. The number of rotatable bonds is 5. The molecule has 5 heteroatoms. The molecule has 3 nitrogen and oxygen atoms in total. The molecule has 1 aromatic rings. The monoisotopic (exact) mass is 302 g/mol. The highest BCUT2D eigenvalue weighted by atomic mass is 35.5. The molecule has 1 aromatic carbocycles. The minimum atomic E-state index is -3.21. The minimum absolute atomic E-state index is 0.0763. The van der Waals surface area contributed by atoms with E-state index in [9.17, 15) is 8.42 Å². The van der Waals surface area contributed by atoms with E-state index in [0.29, 0.717) is 5.02 Å².